The molecule has 98 valence electrons. The first kappa shape index (κ1) is 11.8. The van der Waals surface area contributed by atoms with Gasteiger partial charge < -0.3 is 5.32 Å². The second kappa shape index (κ2) is 4.79. The number of carbonyl (C=O) groups excluding carboxylic acids is 1. The average molecular weight is 257 g/mol. The Bertz CT molecular complexity index is 554. The zero-order valence-corrected chi connectivity index (χ0v) is 10.6. The molecule has 0 bridgehead atoms. The number of rotatable bonds is 4. The second-order valence-electron chi connectivity index (χ2n) is 4.86. The van der Waals surface area contributed by atoms with Crippen molar-refractivity contribution >= 4 is 5.91 Å². The van der Waals surface area contributed by atoms with Gasteiger partial charge in [-0.05, 0) is 24.8 Å². The van der Waals surface area contributed by atoms with Crippen LogP contribution in [0.15, 0.2) is 30.3 Å². The van der Waals surface area contributed by atoms with Crippen LogP contribution in [-0.2, 0) is 4.79 Å². The molecule has 3 unspecified atom stereocenters. The highest BCUT2D eigenvalue weighted by atomic mass is 16.2. The number of hydrogen-bond acceptors (Lipinski definition) is 4. The van der Waals surface area contributed by atoms with Crippen LogP contribution in [0.4, 0.5) is 0 Å². The van der Waals surface area contributed by atoms with E-state index in [0.717, 1.165) is 6.42 Å². The van der Waals surface area contributed by atoms with Crippen LogP contribution in [-0.4, -0.2) is 26.5 Å². The SMILES string of the molecule is CC(NC(=O)C1CC1c1ccccc1)c1nn[nH]n1. The van der Waals surface area contributed by atoms with Gasteiger partial charge in [-0.3, -0.25) is 4.79 Å². The first-order valence-electron chi connectivity index (χ1n) is 6.34. The molecule has 1 amide bonds. The van der Waals surface area contributed by atoms with Gasteiger partial charge >= 0.3 is 0 Å². The summed E-state index contributed by atoms with van der Waals surface area (Å²) in [5, 5.41) is 16.5. The fourth-order valence-electron chi connectivity index (χ4n) is 2.29. The summed E-state index contributed by atoms with van der Waals surface area (Å²) in [6.45, 7) is 1.85. The standard InChI is InChI=1S/C13H15N5O/c1-8(12-15-17-18-16-12)14-13(19)11-7-10(11)9-5-3-2-4-6-9/h2-6,8,10-11H,7H2,1H3,(H,14,19)(H,15,16,17,18). The molecule has 19 heavy (non-hydrogen) atoms. The van der Waals surface area contributed by atoms with Gasteiger partial charge in [0.05, 0.1) is 6.04 Å². The predicted octanol–water partition coefficient (Wildman–Crippen LogP) is 1.18. The molecule has 0 spiro atoms. The Morgan fingerprint density at radius 3 is 2.89 bits per heavy atom. The van der Waals surface area contributed by atoms with Crippen LogP contribution >= 0.6 is 0 Å². The Morgan fingerprint density at radius 1 is 1.42 bits per heavy atom. The number of benzene rings is 1. The number of amides is 1. The van der Waals surface area contributed by atoms with E-state index in [0.29, 0.717) is 11.7 Å². The third-order valence-corrected chi connectivity index (χ3v) is 3.46. The van der Waals surface area contributed by atoms with Crippen LogP contribution in [0.3, 0.4) is 0 Å². The van der Waals surface area contributed by atoms with Crippen molar-refractivity contribution < 1.29 is 4.79 Å². The van der Waals surface area contributed by atoms with Gasteiger partial charge in [-0.25, -0.2) is 0 Å². The van der Waals surface area contributed by atoms with E-state index in [1.54, 1.807) is 0 Å². The summed E-state index contributed by atoms with van der Waals surface area (Å²) in [5.41, 5.74) is 1.23. The third kappa shape index (κ3) is 2.47. The number of aromatic nitrogens is 4. The van der Waals surface area contributed by atoms with E-state index in [-0.39, 0.29) is 17.9 Å². The average Bonchev–Trinajstić information content (AvgIpc) is 3.05. The lowest BCUT2D eigenvalue weighted by atomic mass is 10.1. The second-order valence-corrected chi connectivity index (χ2v) is 4.86. The smallest absolute Gasteiger partial charge is 0.224 e. The molecule has 1 aliphatic rings. The van der Waals surface area contributed by atoms with Crippen LogP contribution < -0.4 is 5.32 Å². The summed E-state index contributed by atoms with van der Waals surface area (Å²) in [7, 11) is 0. The minimum absolute atomic E-state index is 0.0613. The molecule has 1 aromatic carbocycles. The van der Waals surface area contributed by atoms with E-state index in [2.05, 4.69) is 38.1 Å². The van der Waals surface area contributed by atoms with Crippen LogP contribution in [0.1, 0.15) is 36.7 Å². The fraction of sp³-hybridized carbons (Fsp3) is 0.385. The maximum atomic E-state index is 12.1. The van der Waals surface area contributed by atoms with Crippen molar-refractivity contribution in [2.24, 2.45) is 5.92 Å². The molecule has 1 heterocycles. The molecule has 2 N–H and O–H groups in total. The Morgan fingerprint density at radius 2 is 2.21 bits per heavy atom. The Balaban J connectivity index is 1.58. The number of nitrogens with zero attached hydrogens (tertiary/aromatic N) is 3. The highest BCUT2D eigenvalue weighted by Gasteiger charge is 2.44. The van der Waals surface area contributed by atoms with Crippen molar-refractivity contribution in [3.63, 3.8) is 0 Å². The normalized spacial score (nSPS) is 22.8. The van der Waals surface area contributed by atoms with Crippen LogP contribution in [0, 0.1) is 5.92 Å². The van der Waals surface area contributed by atoms with Crippen molar-refractivity contribution in [3.05, 3.63) is 41.7 Å². The van der Waals surface area contributed by atoms with E-state index in [4.69, 9.17) is 0 Å². The van der Waals surface area contributed by atoms with Crippen LogP contribution in [0.2, 0.25) is 0 Å². The molecule has 3 atom stereocenters. The van der Waals surface area contributed by atoms with Gasteiger partial charge in [0.25, 0.3) is 0 Å². The molecule has 1 aromatic heterocycles. The molecule has 0 saturated heterocycles. The summed E-state index contributed by atoms with van der Waals surface area (Å²) in [6, 6.07) is 9.92. The van der Waals surface area contributed by atoms with Gasteiger partial charge in [-0.2, -0.15) is 5.21 Å². The van der Waals surface area contributed by atoms with E-state index < -0.39 is 0 Å². The number of hydrogen-bond donors (Lipinski definition) is 2. The number of tetrazole rings is 1. The van der Waals surface area contributed by atoms with Gasteiger partial charge in [0.1, 0.15) is 0 Å². The van der Waals surface area contributed by atoms with Gasteiger partial charge in [0, 0.05) is 5.92 Å². The quantitative estimate of drug-likeness (QED) is 0.861. The van der Waals surface area contributed by atoms with E-state index >= 15 is 0 Å². The van der Waals surface area contributed by atoms with Crippen molar-refractivity contribution in [2.45, 2.75) is 25.3 Å². The van der Waals surface area contributed by atoms with E-state index in [1.807, 2.05) is 25.1 Å². The largest absolute Gasteiger partial charge is 0.346 e. The van der Waals surface area contributed by atoms with Crippen LogP contribution in [0.25, 0.3) is 0 Å². The maximum absolute atomic E-state index is 12.1. The zero-order valence-electron chi connectivity index (χ0n) is 10.6. The molecular weight excluding hydrogens is 242 g/mol. The van der Waals surface area contributed by atoms with Crippen molar-refractivity contribution in [1.29, 1.82) is 0 Å². The summed E-state index contributed by atoms with van der Waals surface area (Å²) in [6.07, 6.45) is 0.912. The fourth-order valence-corrected chi connectivity index (χ4v) is 2.29. The third-order valence-electron chi connectivity index (χ3n) is 3.46. The molecule has 6 nitrogen and oxygen atoms in total. The first-order chi connectivity index (χ1) is 9.25. The minimum Gasteiger partial charge on any atom is -0.346 e. The van der Waals surface area contributed by atoms with Gasteiger partial charge in [-0.15, -0.1) is 10.2 Å². The van der Waals surface area contributed by atoms with Crippen molar-refractivity contribution in [2.75, 3.05) is 0 Å². The molecule has 1 fully saturated rings. The highest BCUT2D eigenvalue weighted by molar-refractivity contribution is 5.83. The summed E-state index contributed by atoms with van der Waals surface area (Å²) in [4.78, 5) is 12.1. The molecule has 0 radical (unpaired) electrons. The van der Waals surface area contributed by atoms with Gasteiger partial charge in [0.2, 0.25) is 5.91 Å². The van der Waals surface area contributed by atoms with E-state index in [9.17, 15) is 4.79 Å². The number of H-pyrrole nitrogens is 1. The van der Waals surface area contributed by atoms with Crippen LogP contribution in [0.5, 0.6) is 0 Å². The molecular formula is C13H15N5O. The maximum Gasteiger partial charge on any atom is 0.224 e. The predicted molar refractivity (Wildman–Crippen MR) is 68.0 cm³/mol. The lowest BCUT2D eigenvalue weighted by Gasteiger charge is -2.09. The Labute approximate surface area is 110 Å². The Kier molecular flexibility index (Phi) is 2.98. The van der Waals surface area contributed by atoms with E-state index in [1.165, 1.54) is 5.56 Å². The number of carbonyl (C=O) groups is 1. The van der Waals surface area contributed by atoms with Crippen molar-refractivity contribution in [1.82, 2.24) is 25.9 Å². The van der Waals surface area contributed by atoms with Gasteiger partial charge in [0.15, 0.2) is 5.82 Å². The molecule has 2 aromatic rings. The Hall–Kier alpha value is -2.24. The summed E-state index contributed by atoms with van der Waals surface area (Å²) >= 11 is 0. The molecule has 6 heteroatoms. The lowest BCUT2D eigenvalue weighted by Crippen LogP contribution is -2.29. The topological polar surface area (TPSA) is 83.6 Å². The molecule has 1 aliphatic carbocycles. The minimum atomic E-state index is -0.219. The molecule has 1 saturated carbocycles. The summed E-state index contributed by atoms with van der Waals surface area (Å²) in [5.74, 6) is 0.979. The zero-order chi connectivity index (χ0) is 13.2. The molecule has 3 rings (SSSR count). The van der Waals surface area contributed by atoms with Gasteiger partial charge in [-0.1, -0.05) is 35.5 Å². The highest BCUT2D eigenvalue weighted by Crippen LogP contribution is 2.47. The number of nitrogens with one attached hydrogen (secondary N) is 2. The summed E-state index contributed by atoms with van der Waals surface area (Å²) < 4.78 is 0. The monoisotopic (exact) mass is 257 g/mol. The first-order valence-corrected chi connectivity index (χ1v) is 6.34. The molecule has 0 aliphatic heterocycles. The van der Waals surface area contributed by atoms with Crippen molar-refractivity contribution in [3.8, 4) is 0 Å². The lowest BCUT2D eigenvalue weighted by molar-refractivity contribution is -0.123. The number of aromatic amines is 1.